The van der Waals surface area contributed by atoms with Crippen molar-refractivity contribution in [1.29, 1.82) is 0 Å². The van der Waals surface area contributed by atoms with Crippen LogP contribution >= 0.6 is 0 Å². The number of amides is 1. The quantitative estimate of drug-likeness (QED) is 0.613. The highest BCUT2D eigenvalue weighted by atomic mass is 16.4. The zero-order valence-corrected chi connectivity index (χ0v) is 19.2. The van der Waals surface area contributed by atoms with Crippen molar-refractivity contribution in [3.63, 3.8) is 0 Å². The van der Waals surface area contributed by atoms with Crippen molar-refractivity contribution in [2.75, 3.05) is 6.54 Å². The van der Waals surface area contributed by atoms with Crippen LogP contribution in [0.5, 0.6) is 0 Å². The highest BCUT2D eigenvalue weighted by Crippen LogP contribution is 2.31. The van der Waals surface area contributed by atoms with Crippen LogP contribution in [0.15, 0.2) is 54.9 Å². The van der Waals surface area contributed by atoms with Crippen molar-refractivity contribution in [2.24, 2.45) is 0 Å². The van der Waals surface area contributed by atoms with Crippen LogP contribution in [0.3, 0.4) is 0 Å². The number of aliphatic carboxylic acids is 1. The average molecular weight is 456 g/mol. The number of hydrogen-bond acceptors (Lipinski definition) is 4. The molecular weight excluding hydrogens is 426 g/mol. The Balaban J connectivity index is 1.51. The SMILES string of the molecule is O=C(O)C[C@@H]1c2cnc(nc2)CCCCCc2ccc(cc2)C(=O)N2CCc3ccc1cc3C2. The molecule has 1 amide bonds. The molecule has 2 aromatic carbocycles. The zero-order valence-electron chi connectivity index (χ0n) is 19.2. The number of rotatable bonds is 2. The molecule has 0 spiro atoms. The van der Waals surface area contributed by atoms with Crippen molar-refractivity contribution < 1.29 is 14.7 Å². The third-order valence-electron chi connectivity index (χ3n) is 7.01. The lowest BCUT2D eigenvalue weighted by Gasteiger charge is -2.30. The van der Waals surface area contributed by atoms with Crippen LogP contribution < -0.4 is 0 Å². The molecule has 1 atom stereocenters. The lowest BCUT2D eigenvalue weighted by molar-refractivity contribution is -0.137. The number of aromatic nitrogens is 2. The van der Waals surface area contributed by atoms with Crippen molar-refractivity contribution in [1.82, 2.24) is 14.9 Å². The maximum Gasteiger partial charge on any atom is 0.304 e. The summed E-state index contributed by atoms with van der Waals surface area (Å²) >= 11 is 0. The van der Waals surface area contributed by atoms with Gasteiger partial charge in [0.05, 0.1) is 6.42 Å². The molecule has 1 N–H and O–H groups in total. The van der Waals surface area contributed by atoms with E-state index in [0.29, 0.717) is 13.1 Å². The third kappa shape index (κ3) is 4.86. The molecule has 0 aliphatic carbocycles. The van der Waals surface area contributed by atoms with E-state index in [0.717, 1.165) is 66.6 Å². The Kier molecular flexibility index (Phi) is 6.39. The number of carbonyl (C=O) groups excluding carboxylic acids is 1. The second-order valence-corrected chi connectivity index (χ2v) is 9.35. The first-order chi connectivity index (χ1) is 16.6. The van der Waals surface area contributed by atoms with E-state index in [9.17, 15) is 14.7 Å². The van der Waals surface area contributed by atoms with Crippen LogP contribution in [-0.4, -0.2) is 38.4 Å². The first-order valence-electron chi connectivity index (χ1n) is 12.1. The van der Waals surface area contributed by atoms with E-state index >= 15 is 0 Å². The summed E-state index contributed by atoms with van der Waals surface area (Å²) in [6, 6.07) is 14.2. The van der Waals surface area contributed by atoms with Crippen LogP contribution in [0.1, 0.15) is 75.6 Å². The van der Waals surface area contributed by atoms with Crippen molar-refractivity contribution >= 4 is 11.9 Å². The standard InChI is InChI=1S/C28H29N3O3/c32-27(33)15-25-22-11-10-20-12-13-31(18-23(20)14-22)28(34)21-8-6-19(7-9-21)4-2-1-3-5-26-29-16-24(25)17-30-26/h6-11,14,16-17,25H,1-5,12-13,15,18H2,(H,32,33)/t25-/m0/s1. The summed E-state index contributed by atoms with van der Waals surface area (Å²) in [5, 5.41) is 9.59. The summed E-state index contributed by atoms with van der Waals surface area (Å²) in [5.41, 5.74) is 6.00. The molecule has 5 aliphatic heterocycles. The Morgan fingerprint density at radius 3 is 2.44 bits per heavy atom. The van der Waals surface area contributed by atoms with Gasteiger partial charge in [0.1, 0.15) is 5.82 Å². The monoisotopic (exact) mass is 455 g/mol. The molecule has 6 nitrogen and oxygen atoms in total. The molecule has 1 aromatic heterocycles. The van der Waals surface area contributed by atoms with Crippen LogP contribution in [0, 0.1) is 0 Å². The first kappa shape index (κ1) is 22.3. The lowest BCUT2D eigenvalue weighted by Crippen LogP contribution is -2.36. The average Bonchev–Trinajstić information content (AvgIpc) is 2.86. The molecule has 0 saturated heterocycles. The van der Waals surface area contributed by atoms with Gasteiger partial charge in [-0.2, -0.15) is 0 Å². The number of benzene rings is 2. The van der Waals surface area contributed by atoms with Gasteiger partial charge in [0.15, 0.2) is 0 Å². The summed E-state index contributed by atoms with van der Waals surface area (Å²) in [6.07, 6.45) is 9.30. The predicted molar refractivity (Wildman–Crippen MR) is 129 cm³/mol. The maximum absolute atomic E-state index is 13.2. The van der Waals surface area contributed by atoms with Gasteiger partial charge in [0.25, 0.3) is 5.91 Å². The van der Waals surface area contributed by atoms with Crippen LogP contribution in [0.4, 0.5) is 0 Å². The molecule has 34 heavy (non-hydrogen) atoms. The fraction of sp³-hybridized carbons (Fsp3) is 0.357. The van der Waals surface area contributed by atoms with Gasteiger partial charge in [-0.25, -0.2) is 9.97 Å². The van der Waals surface area contributed by atoms with E-state index in [1.807, 2.05) is 23.1 Å². The van der Waals surface area contributed by atoms with Gasteiger partial charge in [0.2, 0.25) is 0 Å². The second kappa shape index (κ2) is 9.75. The molecule has 8 rings (SSSR count). The normalized spacial score (nSPS) is 18.3. The van der Waals surface area contributed by atoms with E-state index in [1.165, 1.54) is 11.1 Å². The first-order valence-corrected chi connectivity index (χ1v) is 12.1. The van der Waals surface area contributed by atoms with Gasteiger partial charge < -0.3 is 10.0 Å². The number of carbonyl (C=O) groups is 2. The highest BCUT2D eigenvalue weighted by molar-refractivity contribution is 5.94. The fourth-order valence-electron chi connectivity index (χ4n) is 5.03. The largest absolute Gasteiger partial charge is 0.481 e. The Labute approximate surface area is 199 Å². The van der Waals surface area contributed by atoms with Crippen LogP contribution in [0.25, 0.3) is 0 Å². The molecule has 174 valence electrons. The van der Waals surface area contributed by atoms with Crippen LogP contribution in [-0.2, 0) is 30.6 Å². The van der Waals surface area contributed by atoms with E-state index < -0.39 is 5.97 Å². The number of hydrogen-bond donors (Lipinski definition) is 1. The summed E-state index contributed by atoms with van der Waals surface area (Å²) in [4.78, 5) is 35.9. The third-order valence-corrected chi connectivity index (χ3v) is 7.01. The lowest BCUT2D eigenvalue weighted by atomic mass is 9.86. The highest BCUT2D eigenvalue weighted by Gasteiger charge is 2.25. The minimum atomic E-state index is -0.860. The van der Waals surface area contributed by atoms with E-state index in [4.69, 9.17) is 0 Å². The number of carboxylic acids is 1. The minimum absolute atomic E-state index is 0.0313. The Hall–Kier alpha value is -3.54. The van der Waals surface area contributed by atoms with Crippen LogP contribution in [0.2, 0.25) is 0 Å². The minimum Gasteiger partial charge on any atom is -0.481 e. The van der Waals surface area contributed by atoms with Gasteiger partial charge in [-0.05, 0) is 65.6 Å². The smallest absolute Gasteiger partial charge is 0.304 e. The Bertz CT molecular complexity index is 1190. The maximum atomic E-state index is 13.2. The number of carboxylic acid groups (broad SMARTS) is 1. The topological polar surface area (TPSA) is 83.4 Å². The molecule has 0 radical (unpaired) electrons. The summed E-state index contributed by atoms with van der Waals surface area (Å²) in [5.74, 6) is -0.346. The second-order valence-electron chi connectivity index (χ2n) is 9.35. The van der Waals surface area contributed by atoms with Gasteiger partial charge in [0, 0.05) is 43.4 Å². The molecule has 0 saturated carbocycles. The van der Waals surface area contributed by atoms with E-state index in [-0.39, 0.29) is 18.2 Å². The molecular formula is C28H29N3O3. The molecule has 5 aliphatic rings. The Morgan fingerprint density at radius 2 is 1.68 bits per heavy atom. The van der Waals surface area contributed by atoms with Crippen molar-refractivity contribution in [3.8, 4) is 0 Å². The van der Waals surface area contributed by atoms with Gasteiger partial charge >= 0.3 is 5.97 Å². The molecule has 7 bridgehead atoms. The van der Waals surface area contributed by atoms with Gasteiger partial charge in [-0.3, -0.25) is 9.59 Å². The predicted octanol–water partition coefficient (Wildman–Crippen LogP) is 4.55. The summed E-state index contributed by atoms with van der Waals surface area (Å²) in [7, 11) is 0. The van der Waals surface area contributed by atoms with Crippen molar-refractivity contribution in [3.05, 3.63) is 94.1 Å². The molecule has 3 aromatic rings. The van der Waals surface area contributed by atoms with Gasteiger partial charge in [-0.1, -0.05) is 36.8 Å². The summed E-state index contributed by atoms with van der Waals surface area (Å²) < 4.78 is 0. The zero-order chi connectivity index (χ0) is 23.5. The number of aryl methyl sites for hydroxylation is 2. The number of nitrogens with zero attached hydrogens (tertiary/aromatic N) is 3. The van der Waals surface area contributed by atoms with E-state index in [1.54, 1.807) is 12.4 Å². The molecule has 6 heteroatoms. The molecule has 0 unspecified atom stereocenters. The molecule has 0 fully saturated rings. The van der Waals surface area contributed by atoms with E-state index in [2.05, 4.69) is 34.2 Å². The molecule has 6 heterocycles. The fourth-order valence-corrected chi connectivity index (χ4v) is 5.03. The Morgan fingerprint density at radius 1 is 0.912 bits per heavy atom. The van der Waals surface area contributed by atoms with Crippen molar-refractivity contribution in [2.45, 2.75) is 57.4 Å². The van der Waals surface area contributed by atoms with Gasteiger partial charge in [-0.15, -0.1) is 0 Å². The summed E-state index contributed by atoms with van der Waals surface area (Å²) in [6.45, 7) is 1.21.